The Kier molecular flexibility index (Phi) is 5.57. The highest BCUT2D eigenvalue weighted by molar-refractivity contribution is 7.99. The molecule has 0 aliphatic carbocycles. The highest BCUT2D eigenvalue weighted by Gasteiger charge is 2.43. The van der Waals surface area contributed by atoms with Gasteiger partial charge >= 0.3 is 0 Å². The van der Waals surface area contributed by atoms with Gasteiger partial charge in [0.25, 0.3) is 15.9 Å². The lowest BCUT2D eigenvalue weighted by Gasteiger charge is -2.38. The van der Waals surface area contributed by atoms with Crippen LogP contribution in [0, 0.1) is 5.82 Å². The number of carbonyl (C=O) groups is 1. The molecule has 0 saturated carbocycles. The van der Waals surface area contributed by atoms with Gasteiger partial charge in [-0.25, -0.2) is 12.8 Å². The molecule has 2 aliphatic heterocycles. The summed E-state index contributed by atoms with van der Waals surface area (Å²) in [5.74, 6) is -0.676. The van der Waals surface area contributed by atoms with Gasteiger partial charge in [-0.15, -0.1) is 0 Å². The fourth-order valence-corrected chi connectivity index (χ4v) is 6.27. The van der Waals surface area contributed by atoms with Crippen molar-refractivity contribution < 1.29 is 17.6 Å². The van der Waals surface area contributed by atoms with Gasteiger partial charge in [0, 0.05) is 28.6 Å². The quantitative estimate of drug-likeness (QED) is 0.769. The molecular weight excluding hydrogens is 411 g/mol. The Morgan fingerprint density at radius 3 is 2.45 bits per heavy atom. The van der Waals surface area contributed by atoms with Crippen LogP contribution in [0.4, 0.5) is 10.1 Å². The summed E-state index contributed by atoms with van der Waals surface area (Å²) in [5, 5.41) is 0.598. The van der Waals surface area contributed by atoms with Gasteiger partial charge in [-0.2, -0.15) is 11.8 Å². The number of hydrogen-bond acceptors (Lipinski definition) is 4. The van der Waals surface area contributed by atoms with Crippen LogP contribution in [0.2, 0.25) is 0 Å². The van der Waals surface area contributed by atoms with E-state index in [9.17, 15) is 17.6 Å². The maximum absolute atomic E-state index is 13.4. The van der Waals surface area contributed by atoms with Gasteiger partial charge in [0.1, 0.15) is 5.82 Å². The molecule has 5 nitrogen and oxygen atoms in total. The van der Waals surface area contributed by atoms with Crippen LogP contribution in [-0.2, 0) is 10.0 Å². The molecule has 2 atom stereocenters. The average Bonchev–Trinajstić information content (AvgIpc) is 2.96. The molecule has 2 saturated heterocycles. The second-order valence-electron chi connectivity index (χ2n) is 7.57. The number of halogens is 1. The van der Waals surface area contributed by atoms with Gasteiger partial charge in [0.05, 0.1) is 4.90 Å². The molecule has 1 amide bonds. The van der Waals surface area contributed by atoms with Gasteiger partial charge in [-0.3, -0.25) is 9.52 Å². The van der Waals surface area contributed by atoms with E-state index in [0.29, 0.717) is 10.8 Å². The first kappa shape index (κ1) is 20.2. The van der Waals surface area contributed by atoms with Crippen LogP contribution in [0.5, 0.6) is 0 Å². The molecule has 2 aromatic carbocycles. The van der Waals surface area contributed by atoms with Crippen molar-refractivity contribution in [1.29, 1.82) is 0 Å². The fourth-order valence-electron chi connectivity index (χ4n) is 4.36. The average molecular weight is 435 g/mol. The molecule has 0 aromatic heterocycles. The Labute approximate surface area is 174 Å². The third-order valence-corrected chi connectivity index (χ3v) is 8.16. The van der Waals surface area contributed by atoms with Gasteiger partial charge in [-0.05, 0) is 68.3 Å². The number of fused-ring (bicyclic) bond motifs is 2. The first-order valence-corrected chi connectivity index (χ1v) is 12.4. The minimum absolute atomic E-state index is 0.0520. The molecule has 2 fully saturated rings. The van der Waals surface area contributed by atoms with Crippen molar-refractivity contribution in [3.05, 3.63) is 59.9 Å². The molecule has 4 rings (SSSR count). The predicted molar refractivity (Wildman–Crippen MR) is 113 cm³/mol. The number of carbonyl (C=O) groups excluding carboxylic acids is 1. The number of amides is 1. The molecule has 2 heterocycles. The number of thioether (sulfide) groups is 1. The summed E-state index contributed by atoms with van der Waals surface area (Å²) >= 11 is 1.87. The van der Waals surface area contributed by atoms with E-state index >= 15 is 0 Å². The summed E-state index contributed by atoms with van der Waals surface area (Å²) in [6.45, 7) is 0. The van der Waals surface area contributed by atoms with Crippen LogP contribution >= 0.6 is 11.8 Å². The van der Waals surface area contributed by atoms with Gasteiger partial charge in [0.2, 0.25) is 0 Å². The second-order valence-corrected chi connectivity index (χ2v) is 10.4. The monoisotopic (exact) mass is 434 g/mol. The van der Waals surface area contributed by atoms with Crippen molar-refractivity contribution in [3.8, 4) is 0 Å². The summed E-state index contributed by atoms with van der Waals surface area (Å²) in [4.78, 5) is 15.0. The van der Waals surface area contributed by atoms with Gasteiger partial charge in [0.15, 0.2) is 0 Å². The molecular formula is C21H23FN2O3S2. The van der Waals surface area contributed by atoms with Crippen LogP contribution in [0.15, 0.2) is 53.4 Å². The lowest BCUT2D eigenvalue weighted by atomic mass is 10.0. The summed E-state index contributed by atoms with van der Waals surface area (Å²) in [5.41, 5.74) is 0.746. The topological polar surface area (TPSA) is 66.5 Å². The van der Waals surface area contributed by atoms with E-state index < -0.39 is 15.8 Å². The summed E-state index contributed by atoms with van der Waals surface area (Å²) in [6, 6.07) is 11.8. The third-order valence-electron chi connectivity index (χ3n) is 5.73. The molecule has 2 aromatic rings. The lowest BCUT2D eigenvalue weighted by molar-refractivity contribution is 0.0601. The summed E-state index contributed by atoms with van der Waals surface area (Å²) in [6.07, 6.45) is 6.19. The van der Waals surface area contributed by atoms with E-state index in [-0.39, 0.29) is 28.6 Å². The lowest BCUT2D eigenvalue weighted by Crippen LogP contribution is -2.47. The maximum atomic E-state index is 13.4. The minimum atomic E-state index is -3.94. The Hall–Kier alpha value is -2.06. The van der Waals surface area contributed by atoms with Crippen molar-refractivity contribution in [2.45, 2.75) is 47.9 Å². The largest absolute Gasteiger partial charge is 0.333 e. The fraction of sp³-hybridized carbons (Fsp3) is 0.381. The molecule has 1 N–H and O–H groups in total. The molecule has 154 valence electrons. The SMILES string of the molecule is CSC1CC2CCC(C1)N2C(=O)c1cccc(NS(=O)(=O)c2cccc(F)c2)c1. The predicted octanol–water partition coefficient (Wildman–Crippen LogP) is 4.13. The van der Waals surface area contributed by atoms with Crippen LogP contribution in [0.1, 0.15) is 36.0 Å². The zero-order chi connectivity index (χ0) is 20.6. The van der Waals surface area contributed by atoms with Crippen molar-refractivity contribution in [3.63, 3.8) is 0 Å². The van der Waals surface area contributed by atoms with E-state index in [4.69, 9.17) is 0 Å². The number of nitrogens with zero attached hydrogens (tertiary/aromatic N) is 1. The van der Waals surface area contributed by atoms with Crippen LogP contribution in [-0.4, -0.2) is 42.8 Å². The van der Waals surface area contributed by atoms with Crippen LogP contribution in [0.3, 0.4) is 0 Å². The van der Waals surface area contributed by atoms with Crippen molar-refractivity contribution in [1.82, 2.24) is 4.90 Å². The highest BCUT2D eigenvalue weighted by Crippen LogP contribution is 2.40. The summed E-state index contributed by atoms with van der Waals surface area (Å²) in [7, 11) is -3.94. The van der Waals surface area contributed by atoms with Crippen molar-refractivity contribution in [2.24, 2.45) is 0 Å². The van der Waals surface area contributed by atoms with Gasteiger partial charge in [-0.1, -0.05) is 12.1 Å². The number of piperidine rings is 1. The number of hydrogen-bond donors (Lipinski definition) is 1. The molecule has 29 heavy (non-hydrogen) atoms. The zero-order valence-electron chi connectivity index (χ0n) is 16.0. The third kappa shape index (κ3) is 4.14. The number of rotatable bonds is 5. The van der Waals surface area contributed by atoms with E-state index in [0.717, 1.165) is 31.7 Å². The minimum Gasteiger partial charge on any atom is -0.333 e. The maximum Gasteiger partial charge on any atom is 0.261 e. The highest BCUT2D eigenvalue weighted by atomic mass is 32.2. The first-order chi connectivity index (χ1) is 13.9. The molecule has 8 heteroatoms. The smallest absolute Gasteiger partial charge is 0.261 e. The Morgan fingerprint density at radius 1 is 1.10 bits per heavy atom. The summed E-state index contributed by atoms with van der Waals surface area (Å²) < 4.78 is 40.9. The molecule has 2 aliphatic rings. The van der Waals surface area contributed by atoms with Crippen LogP contribution < -0.4 is 4.72 Å². The molecule has 2 unspecified atom stereocenters. The second kappa shape index (κ2) is 7.99. The normalized spacial score (nSPS) is 23.8. The first-order valence-electron chi connectivity index (χ1n) is 9.61. The Bertz CT molecular complexity index is 1010. The van der Waals surface area contributed by atoms with E-state index in [1.807, 2.05) is 16.7 Å². The van der Waals surface area contributed by atoms with Gasteiger partial charge < -0.3 is 4.90 Å². The molecule has 2 bridgehead atoms. The van der Waals surface area contributed by atoms with Crippen molar-refractivity contribution in [2.75, 3.05) is 11.0 Å². The number of benzene rings is 2. The molecule has 0 radical (unpaired) electrons. The number of nitrogens with one attached hydrogen (secondary N) is 1. The Balaban J connectivity index is 1.54. The van der Waals surface area contributed by atoms with Crippen molar-refractivity contribution >= 4 is 33.4 Å². The molecule has 0 spiro atoms. The van der Waals surface area contributed by atoms with E-state index in [1.54, 1.807) is 24.3 Å². The number of sulfonamides is 1. The number of anilines is 1. The standard InChI is InChI=1S/C21H23FN2O3S2/c1-28-19-12-17-8-9-18(13-19)24(17)21(25)14-4-2-6-16(10-14)23-29(26,27)20-7-3-5-15(22)11-20/h2-7,10-11,17-19,23H,8-9,12-13H2,1H3. The van der Waals surface area contributed by atoms with E-state index in [2.05, 4.69) is 11.0 Å². The van der Waals surface area contributed by atoms with E-state index in [1.165, 1.54) is 18.2 Å². The zero-order valence-corrected chi connectivity index (χ0v) is 17.7. The Morgan fingerprint density at radius 2 is 1.79 bits per heavy atom. The van der Waals surface area contributed by atoms with Crippen LogP contribution in [0.25, 0.3) is 0 Å².